The van der Waals surface area contributed by atoms with Crippen LogP contribution in [-0.4, -0.2) is 34.9 Å². The third-order valence-corrected chi connectivity index (χ3v) is 6.84. The molecule has 0 aliphatic heterocycles. The quantitative estimate of drug-likeness (QED) is 0.0954. The Bertz CT molecular complexity index is 445. The first kappa shape index (κ1) is 32.9. The molecule has 5 nitrogen and oxygen atoms in total. The molecule has 0 spiro atoms. The molecule has 0 rings (SSSR count). The number of carboxylic acids is 1. The fourth-order valence-corrected chi connectivity index (χ4v) is 4.54. The molecule has 0 aromatic heterocycles. The summed E-state index contributed by atoms with van der Waals surface area (Å²) in [4.78, 5) is 22.5. The zero-order valence-electron chi connectivity index (χ0n) is 22.5. The van der Waals surface area contributed by atoms with E-state index in [-0.39, 0.29) is 31.3 Å². The number of carbonyl (C=O) groups excluding carboxylic acids is 1. The van der Waals surface area contributed by atoms with Crippen LogP contribution in [0.3, 0.4) is 0 Å². The highest BCUT2D eigenvalue weighted by molar-refractivity contribution is 5.69. The third kappa shape index (κ3) is 22.7. The Balaban J connectivity index is 4.22. The summed E-state index contributed by atoms with van der Waals surface area (Å²) in [6, 6.07) is 0. The Morgan fingerprint density at radius 1 is 0.618 bits per heavy atom. The van der Waals surface area contributed by atoms with Gasteiger partial charge >= 0.3 is 11.9 Å². The molecule has 2 N–H and O–H groups in total. The average molecular weight is 485 g/mol. The van der Waals surface area contributed by atoms with Crippen molar-refractivity contribution in [2.45, 2.75) is 161 Å². The van der Waals surface area contributed by atoms with E-state index in [0.29, 0.717) is 12.8 Å². The summed E-state index contributed by atoms with van der Waals surface area (Å²) in [6.07, 6.45) is 23.2. The summed E-state index contributed by atoms with van der Waals surface area (Å²) in [5, 5.41) is 19.4. The molecule has 202 valence electrons. The number of hydrogen-bond acceptors (Lipinski definition) is 4. The summed E-state index contributed by atoms with van der Waals surface area (Å²) in [5.41, 5.74) is 0. The molecule has 1 atom stereocenters. The highest BCUT2D eigenvalue weighted by Crippen LogP contribution is 2.23. The molecular weight excluding hydrogens is 428 g/mol. The number of carbonyl (C=O) groups is 2. The first-order valence-electron chi connectivity index (χ1n) is 14.6. The number of esters is 1. The summed E-state index contributed by atoms with van der Waals surface area (Å²) < 4.78 is 5.32. The number of aliphatic hydroxyl groups excluding tert-OH is 1. The fraction of sp³-hybridized carbons (Fsp3) is 0.931. The molecule has 0 saturated heterocycles. The van der Waals surface area contributed by atoms with Crippen LogP contribution in [0.4, 0.5) is 0 Å². The van der Waals surface area contributed by atoms with Gasteiger partial charge in [0.1, 0.15) is 6.61 Å². The predicted molar refractivity (Wildman–Crippen MR) is 141 cm³/mol. The summed E-state index contributed by atoms with van der Waals surface area (Å²) in [6.45, 7) is 4.56. The normalized spacial score (nSPS) is 12.2. The largest absolute Gasteiger partial charge is 0.481 e. The first-order valence-corrected chi connectivity index (χ1v) is 14.6. The van der Waals surface area contributed by atoms with Gasteiger partial charge in [0.05, 0.1) is 6.10 Å². The lowest BCUT2D eigenvalue weighted by molar-refractivity contribution is -0.148. The van der Waals surface area contributed by atoms with Crippen molar-refractivity contribution in [1.82, 2.24) is 0 Å². The summed E-state index contributed by atoms with van der Waals surface area (Å²) in [5.74, 6) is -0.976. The van der Waals surface area contributed by atoms with Gasteiger partial charge in [-0.2, -0.15) is 0 Å². The Kier molecular flexibility index (Phi) is 24.2. The van der Waals surface area contributed by atoms with Crippen LogP contribution in [0.5, 0.6) is 0 Å². The van der Waals surface area contributed by atoms with Gasteiger partial charge in [0.2, 0.25) is 0 Å². The van der Waals surface area contributed by atoms with Crippen LogP contribution in [0.2, 0.25) is 0 Å². The van der Waals surface area contributed by atoms with Crippen molar-refractivity contribution in [3.05, 3.63) is 0 Å². The fourth-order valence-electron chi connectivity index (χ4n) is 4.54. The van der Waals surface area contributed by atoms with E-state index in [0.717, 1.165) is 25.7 Å². The van der Waals surface area contributed by atoms with Crippen LogP contribution in [0.15, 0.2) is 0 Å². The molecule has 0 saturated carbocycles. The molecular formula is C29H56O5. The Morgan fingerprint density at radius 3 is 1.47 bits per heavy atom. The Hall–Kier alpha value is -1.10. The van der Waals surface area contributed by atoms with Crippen LogP contribution in [0, 0.1) is 5.92 Å². The van der Waals surface area contributed by atoms with Gasteiger partial charge < -0.3 is 14.9 Å². The molecule has 0 bridgehead atoms. The zero-order chi connectivity index (χ0) is 25.3. The molecule has 5 heteroatoms. The van der Waals surface area contributed by atoms with Gasteiger partial charge in [-0.3, -0.25) is 9.59 Å². The summed E-state index contributed by atoms with van der Waals surface area (Å²) in [7, 11) is 0. The van der Waals surface area contributed by atoms with Crippen molar-refractivity contribution in [3.63, 3.8) is 0 Å². The van der Waals surface area contributed by atoms with Crippen LogP contribution in [0.25, 0.3) is 0 Å². The minimum absolute atomic E-state index is 0.0659. The Labute approximate surface area is 210 Å². The topological polar surface area (TPSA) is 83.8 Å². The van der Waals surface area contributed by atoms with Gasteiger partial charge in [0.15, 0.2) is 0 Å². The van der Waals surface area contributed by atoms with Crippen molar-refractivity contribution >= 4 is 11.9 Å². The zero-order valence-corrected chi connectivity index (χ0v) is 22.5. The lowest BCUT2D eigenvalue weighted by atomic mass is 9.89. The number of unbranched alkanes of at least 4 members (excludes halogenated alkanes) is 15. The van der Waals surface area contributed by atoms with Gasteiger partial charge in [-0.15, -0.1) is 0 Å². The average Bonchev–Trinajstić information content (AvgIpc) is 2.82. The monoisotopic (exact) mass is 484 g/mol. The minimum atomic E-state index is -0.839. The van der Waals surface area contributed by atoms with Gasteiger partial charge in [-0.05, 0) is 31.6 Å². The molecule has 0 aromatic carbocycles. The van der Waals surface area contributed by atoms with Crippen LogP contribution < -0.4 is 0 Å². The van der Waals surface area contributed by atoms with Crippen LogP contribution in [-0.2, 0) is 14.3 Å². The molecule has 1 unspecified atom stereocenters. The highest BCUT2D eigenvalue weighted by atomic mass is 16.5. The highest BCUT2D eigenvalue weighted by Gasteiger charge is 2.20. The number of carboxylic acid groups (broad SMARTS) is 1. The second-order valence-corrected chi connectivity index (χ2v) is 10.1. The van der Waals surface area contributed by atoms with E-state index in [1.54, 1.807) is 0 Å². The van der Waals surface area contributed by atoms with Crippen molar-refractivity contribution < 1.29 is 24.5 Å². The second-order valence-electron chi connectivity index (χ2n) is 10.1. The molecule has 0 heterocycles. The van der Waals surface area contributed by atoms with E-state index >= 15 is 0 Å². The minimum Gasteiger partial charge on any atom is -0.481 e. The molecule has 0 aliphatic carbocycles. The number of aliphatic carboxylic acids is 1. The van der Waals surface area contributed by atoms with E-state index in [9.17, 15) is 14.7 Å². The second kappa shape index (κ2) is 25.0. The van der Waals surface area contributed by atoms with E-state index in [1.807, 2.05) is 0 Å². The predicted octanol–water partition coefficient (Wildman–Crippen LogP) is 8.21. The standard InChI is InChI=1S/C29H56O5/c1-3-5-7-9-11-13-15-17-21-26(22-18-16-14-12-10-8-6-4-2)27(30)25-34-29(33)24-20-19-23-28(31)32/h26-27,30H,3-25H2,1-2H3,(H,31,32). The van der Waals surface area contributed by atoms with Gasteiger partial charge in [-0.1, -0.05) is 117 Å². The maximum absolute atomic E-state index is 11.9. The Morgan fingerprint density at radius 2 is 1.03 bits per heavy atom. The molecule has 0 aromatic rings. The molecule has 0 fully saturated rings. The van der Waals surface area contributed by atoms with Gasteiger partial charge in [-0.25, -0.2) is 0 Å². The van der Waals surface area contributed by atoms with Gasteiger partial charge in [0, 0.05) is 12.8 Å². The SMILES string of the molecule is CCCCCCCCCCC(CCCCCCCCCC)C(O)COC(=O)CCCCC(=O)O. The number of rotatable bonds is 26. The number of hydrogen-bond donors (Lipinski definition) is 2. The van der Waals surface area contributed by atoms with E-state index in [4.69, 9.17) is 9.84 Å². The molecule has 0 amide bonds. The van der Waals surface area contributed by atoms with Crippen molar-refractivity contribution in [2.75, 3.05) is 6.61 Å². The lowest BCUT2D eigenvalue weighted by Crippen LogP contribution is -2.27. The molecule has 0 aliphatic rings. The maximum Gasteiger partial charge on any atom is 0.305 e. The third-order valence-electron chi connectivity index (χ3n) is 6.84. The van der Waals surface area contributed by atoms with Gasteiger partial charge in [0.25, 0.3) is 0 Å². The van der Waals surface area contributed by atoms with Crippen molar-refractivity contribution in [1.29, 1.82) is 0 Å². The van der Waals surface area contributed by atoms with Crippen LogP contribution in [0.1, 0.15) is 155 Å². The van der Waals surface area contributed by atoms with Crippen molar-refractivity contribution in [3.8, 4) is 0 Å². The summed E-state index contributed by atoms with van der Waals surface area (Å²) >= 11 is 0. The molecule has 34 heavy (non-hydrogen) atoms. The number of ether oxygens (including phenoxy) is 1. The van der Waals surface area contributed by atoms with E-state index < -0.39 is 12.1 Å². The van der Waals surface area contributed by atoms with Crippen LogP contribution >= 0.6 is 0 Å². The number of aliphatic hydroxyl groups is 1. The maximum atomic E-state index is 11.9. The smallest absolute Gasteiger partial charge is 0.305 e. The molecule has 0 radical (unpaired) electrons. The van der Waals surface area contributed by atoms with Crippen molar-refractivity contribution in [2.24, 2.45) is 5.92 Å². The van der Waals surface area contributed by atoms with E-state index in [2.05, 4.69) is 13.8 Å². The first-order chi connectivity index (χ1) is 16.5. The van der Waals surface area contributed by atoms with E-state index in [1.165, 1.54) is 89.9 Å². The lowest BCUT2D eigenvalue weighted by Gasteiger charge is -2.23.